The Morgan fingerprint density at radius 2 is 1.54 bits per heavy atom. The van der Waals surface area contributed by atoms with Crippen molar-refractivity contribution in [2.24, 2.45) is 4.99 Å². The third kappa shape index (κ3) is 2.50. The lowest BCUT2D eigenvalue weighted by Crippen LogP contribution is -2.32. The first-order chi connectivity index (χ1) is 11.6. The summed E-state index contributed by atoms with van der Waals surface area (Å²) < 4.78 is 1.41. The number of rotatable bonds is 2. The van der Waals surface area contributed by atoms with Crippen LogP contribution in [0.4, 0.5) is 5.95 Å². The molecule has 0 fully saturated rings. The highest BCUT2D eigenvalue weighted by Gasteiger charge is 2.35. The van der Waals surface area contributed by atoms with Crippen LogP contribution in [-0.4, -0.2) is 31.7 Å². The highest BCUT2D eigenvalue weighted by molar-refractivity contribution is 6.48. The zero-order valence-corrected chi connectivity index (χ0v) is 13.6. The first kappa shape index (κ1) is 15.0. The van der Waals surface area contributed by atoms with Crippen LogP contribution in [0.5, 0.6) is 0 Å². The number of ketones is 1. The van der Waals surface area contributed by atoms with Gasteiger partial charge in [0.15, 0.2) is 0 Å². The van der Waals surface area contributed by atoms with E-state index in [-0.39, 0.29) is 11.7 Å². The largest absolute Gasteiger partial charge is 0.290 e. The molecule has 118 valence electrons. The molecule has 0 N–H and O–H groups in total. The highest BCUT2D eigenvalue weighted by atomic mass is 35.5. The zero-order chi connectivity index (χ0) is 16.7. The zero-order valence-electron chi connectivity index (χ0n) is 12.1. The van der Waals surface area contributed by atoms with E-state index < -0.39 is 6.04 Å². The van der Waals surface area contributed by atoms with Crippen LogP contribution in [0.2, 0.25) is 10.0 Å². The number of nitrogens with zero attached hydrogens (tertiary/aromatic N) is 5. The van der Waals surface area contributed by atoms with Gasteiger partial charge in [-0.2, -0.15) is 4.68 Å². The first-order valence-electron chi connectivity index (χ1n) is 7.05. The topological polar surface area (TPSA) is 73.0 Å². The number of Topliss-reactive ketones (excluding diaryl/α,β-unsaturated/α-hetero) is 1. The molecule has 0 radical (unpaired) electrons. The molecule has 0 spiro atoms. The van der Waals surface area contributed by atoms with E-state index in [0.29, 0.717) is 21.3 Å². The van der Waals surface area contributed by atoms with E-state index in [1.165, 1.54) is 4.68 Å². The van der Waals surface area contributed by atoms with Crippen molar-refractivity contribution in [3.05, 3.63) is 69.7 Å². The lowest BCUT2D eigenvalue weighted by atomic mass is 9.95. The van der Waals surface area contributed by atoms with Crippen LogP contribution < -0.4 is 0 Å². The summed E-state index contributed by atoms with van der Waals surface area (Å²) in [5.74, 6) is 0.0824. The van der Waals surface area contributed by atoms with Crippen molar-refractivity contribution in [2.75, 3.05) is 0 Å². The lowest BCUT2D eigenvalue weighted by Gasteiger charge is -2.21. The summed E-state index contributed by atoms with van der Waals surface area (Å²) in [6, 6.07) is 13.2. The Hall–Kier alpha value is -2.57. The quantitative estimate of drug-likeness (QED) is 0.705. The smallest absolute Gasteiger partial charge is 0.270 e. The van der Waals surface area contributed by atoms with Gasteiger partial charge in [0, 0.05) is 15.6 Å². The molecule has 1 aliphatic rings. The van der Waals surface area contributed by atoms with E-state index in [4.69, 9.17) is 23.2 Å². The summed E-state index contributed by atoms with van der Waals surface area (Å²) in [6.45, 7) is 0. The number of aromatic nitrogens is 4. The Morgan fingerprint density at radius 1 is 0.917 bits per heavy atom. The minimum absolute atomic E-state index is 0.195. The molecule has 0 saturated carbocycles. The third-order valence-corrected chi connectivity index (χ3v) is 4.22. The molecular weight excluding hydrogens is 349 g/mol. The number of hydrogen-bond donors (Lipinski definition) is 0. The summed E-state index contributed by atoms with van der Waals surface area (Å²) in [5, 5.41) is 12.6. The van der Waals surface area contributed by atoms with Gasteiger partial charge in [-0.3, -0.25) is 4.79 Å². The Kier molecular flexibility index (Phi) is 3.63. The second kappa shape index (κ2) is 5.81. The van der Waals surface area contributed by atoms with Gasteiger partial charge < -0.3 is 0 Å². The predicted octanol–water partition coefficient (Wildman–Crippen LogP) is 3.27. The van der Waals surface area contributed by atoms with Gasteiger partial charge in [-0.1, -0.05) is 52.6 Å². The molecule has 1 atom stereocenters. The molecule has 1 unspecified atom stereocenters. The molecule has 1 aromatic heterocycles. The van der Waals surface area contributed by atoms with Crippen LogP contribution >= 0.6 is 23.2 Å². The van der Waals surface area contributed by atoms with Crippen LogP contribution in [-0.2, 0) is 4.79 Å². The summed E-state index contributed by atoms with van der Waals surface area (Å²) in [5.41, 5.74) is 1.70. The van der Waals surface area contributed by atoms with Gasteiger partial charge in [-0.05, 0) is 40.3 Å². The Balaban J connectivity index is 1.85. The fraction of sp³-hybridized carbons (Fsp3) is 0.0625. The molecule has 0 aliphatic carbocycles. The number of halogens is 2. The van der Waals surface area contributed by atoms with Gasteiger partial charge in [0.1, 0.15) is 11.8 Å². The van der Waals surface area contributed by atoms with Crippen LogP contribution in [0, 0.1) is 0 Å². The molecule has 24 heavy (non-hydrogen) atoms. The molecular formula is C16H9Cl2N5O. The fourth-order valence-electron chi connectivity index (χ4n) is 2.58. The monoisotopic (exact) mass is 357 g/mol. The Morgan fingerprint density at radius 3 is 2.21 bits per heavy atom. The average Bonchev–Trinajstić information content (AvgIpc) is 3.04. The van der Waals surface area contributed by atoms with Crippen LogP contribution in [0.3, 0.4) is 0 Å². The van der Waals surface area contributed by atoms with E-state index in [1.807, 2.05) is 0 Å². The van der Waals surface area contributed by atoms with Gasteiger partial charge in [0.05, 0.1) is 0 Å². The second-order valence-corrected chi connectivity index (χ2v) is 6.08. The van der Waals surface area contributed by atoms with Crippen LogP contribution in [0.15, 0.2) is 53.5 Å². The first-order valence-corrected chi connectivity index (χ1v) is 7.81. The Bertz CT molecular complexity index is 947. The fourth-order valence-corrected chi connectivity index (χ4v) is 2.83. The van der Waals surface area contributed by atoms with Crippen molar-refractivity contribution in [3.63, 3.8) is 0 Å². The molecule has 0 amide bonds. The molecule has 2 heterocycles. The minimum atomic E-state index is -0.685. The number of carbonyl (C=O) groups is 1. The van der Waals surface area contributed by atoms with Crippen LogP contribution in [0.1, 0.15) is 17.2 Å². The number of benzene rings is 2. The molecule has 4 rings (SSSR count). The normalized spacial score (nSPS) is 16.7. The van der Waals surface area contributed by atoms with Crippen molar-refractivity contribution in [2.45, 2.75) is 6.04 Å². The second-order valence-electron chi connectivity index (χ2n) is 5.21. The molecule has 8 heteroatoms. The number of fused-ring (bicyclic) bond motifs is 1. The summed E-state index contributed by atoms with van der Waals surface area (Å²) in [6.07, 6.45) is 0. The Labute approximate surface area is 146 Å². The van der Waals surface area contributed by atoms with Crippen molar-refractivity contribution >= 4 is 40.6 Å². The van der Waals surface area contributed by atoms with Gasteiger partial charge in [0.25, 0.3) is 5.95 Å². The van der Waals surface area contributed by atoms with Crippen LogP contribution in [0.25, 0.3) is 0 Å². The van der Waals surface area contributed by atoms with E-state index in [9.17, 15) is 4.79 Å². The molecule has 2 aromatic carbocycles. The van der Waals surface area contributed by atoms with Crippen molar-refractivity contribution < 1.29 is 4.79 Å². The molecule has 6 nitrogen and oxygen atoms in total. The SMILES string of the molecule is O=C1C(c2ccc(Cl)cc2)=Nc2nnnn2C1c1ccc(Cl)cc1. The standard InChI is InChI=1S/C16H9Cl2N5O/c17-11-5-1-9(2-6-11)13-15(24)14(10-3-7-12(18)8-4-10)23-16(19-13)20-21-22-23/h1-8,14H. The number of tetrazole rings is 1. The lowest BCUT2D eigenvalue weighted by molar-refractivity contribution is -0.115. The highest BCUT2D eigenvalue weighted by Crippen LogP contribution is 2.30. The van der Waals surface area contributed by atoms with Gasteiger partial charge in [-0.15, -0.1) is 0 Å². The van der Waals surface area contributed by atoms with E-state index in [1.54, 1.807) is 48.5 Å². The van der Waals surface area contributed by atoms with Crippen molar-refractivity contribution in [3.8, 4) is 0 Å². The van der Waals surface area contributed by atoms with E-state index in [2.05, 4.69) is 20.5 Å². The van der Waals surface area contributed by atoms with E-state index >= 15 is 0 Å². The van der Waals surface area contributed by atoms with E-state index in [0.717, 1.165) is 5.56 Å². The van der Waals surface area contributed by atoms with Gasteiger partial charge >= 0.3 is 0 Å². The maximum Gasteiger partial charge on any atom is 0.270 e. The van der Waals surface area contributed by atoms with Crippen molar-refractivity contribution in [1.29, 1.82) is 0 Å². The molecule has 3 aromatic rings. The summed E-state index contributed by atoms with van der Waals surface area (Å²) in [4.78, 5) is 17.3. The van der Waals surface area contributed by atoms with Gasteiger partial charge in [-0.25, -0.2) is 4.99 Å². The molecule has 0 saturated heterocycles. The number of hydrogen-bond acceptors (Lipinski definition) is 5. The maximum absolute atomic E-state index is 13.0. The predicted molar refractivity (Wildman–Crippen MR) is 90.1 cm³/mol. The molecule has 0 bridgehead atoms. The summed E-state index contributed by atoms with van der Waals surface area (Å²) >= 11 is 11.9. The number of aliphatic imine (C=N–C) groups is 1. The molecule has 1 aliphatic heterocycles. The maximum atomic E-state index is 13.0. The van der Waals surface area contributed by atoms with Crippen molar-refractivity contribution in [1.82, 2.24) is 20.2 Å². The minimum Gasteiger partial charge on any atom is -0.290 e. The van der Waals surface area contributed by atoms with Gasteiger partial charge in [0.2, 0.25) is 5.78 Å². The third-order valence-electron chi connectivity index (χ3n) is 3.72. The average molecular weight is 358 g/mol. The summed E-state index contributed by atoms with van der Waals surface area (Å²) in [7, 11) is 0. The number of carbonyl (C=O) groups excluding carboxylic acids is 1.